The van der Waals surface area contributed by atoms with Crippen molar-refractivity contribution in [1.29, 1.82) is 0 Å². The van der Waals surface area contributed by atoms with E-state index in [9.17, 15) is 9.59 Å². The lowest BCUT2D eigenvalue weighted by molar-refractivity contribution is -0.159. The molecule has 4 bridgehead atoms. The average Bonchev–Trinajstić information content (AvgIpc) is 3.01. The van der Waals surface area contributed by atoms with Gasteiger partial charge in [0, 0.05) is 58.9 Å². The van der Waals surface area contributed by atoms with Crippen LogP contribution in [0.25, 0.3) is 6.08 Å². The van der Waals surface area contributed by atoms with Crippen molar-refractivity contribution < 1.29 is 9.59 Å². The minimum Gasteiger partial charge on any atom is -0.342 e. The Morgan fingerprint density at radius 2 is 1.20 bits per heavy atom. The van der Waals surface area contributed by atoms with Crippen molar-refractivity contribution in [3.05, 3.63) is 42.0 Å². The van der Waals surface area contributed by atoms with E-state index < -0.39 is 0 Å². The van der Waals surface area contributed by atoms with Gasteiger partial charge in [0.25, 0.3) is 0 Å². The minimum absolute atomic E-state index is 0.0115. The molecule has 0 unspecified atom stereocenters. The Labute approximate surface area is 247 Å². The van der Waals surface area contributed by atoms with Gasteiger partial charge in [0.1, 0.15) is 0 Å². The number of hydrogen-bond acceptors (Lipinski definition) is 3. The van der Waals surface area contributed by atoms with Crippen LogP contribution in [0.3, 0.4) is 0 Å². The van der Waals surface area contributed by atoms with Crippen molar-refractivity contribution >= 4 is 18.0 Å². The van der Waals surface area contributed by atoms with Gasteiger partial charge in [-0.15, -0.1) is 0 Å². The van der Waals surface area contributed by atoms with E-state index in [2.05, 4.69) is 56.0 Å². The van der Waals surface area contributed by atoms with Crippen LogP contribution in [0.2, 0.25) is 0 Å². The summed E-state index contributed by atoms with van der Waals surface area (Å²) in [6.07, 6.45) is 16.8. The molecule has 4 aliphatic carbocycles. The second-order valence-electron chi connectivity index (χ2n) is 14.5. The highest BCUT2D eigenvalue weighted by Crippen LogP contribution is 2.60. The summed E-state index contributed by atoms with van der Waals surface area (Å²) < 4.78 is 0. The summed E-state index contributed by atoms with van der Waals surface area (Å²) in [6.45, 7) is 8.22. The highest BCUT2D eigenvalue weighted by Gasteiger charge is 2.55. The summed E-state index contributed by atoms with van der Waals surface area (Å²) in [5.41, 5.74) is 1.25. The molecule has 6 heteroatoms. The largest absolute Gasteiger partial charge is 0.342 e. The second kappa shape index (κ2) is 11.7. The molecule has 8 rings (SSSR count). The molecule has 0 N–H and O–H groups in total. The summed E-state index contributed by atoms with van der Waals surface area (Å²) in [5, 5.41) is 0. The van der Waals surface area contributed by atoms with Gasteiger partial charge in [0.15, 0.2) is 0 Å². The molecule has 0 atom stereocenters. The Morgan fingerprint density at radius 3 is 1.76 bits per heavy atom. The molecule has 3 aliphatic heterocycles. The van der Waals surface area contributed by atoms with E-state index in [1.54, 1.807) is 0 Å². The fourth-order valence-corrected chi connectivity index (χ4v) is 10.1. The molecule has 0 aromatic heterocycles. The molecule has 7 aliphatic rings. The molecule has 41 heavy (non-hydrogen) atoms. The number of amides is 3. The number of nitrogens with zero attached hydrogens (tertiary/aromatic N) is 4. The third-order valence-corrected chi connectivity index (χ3v) is 11.9. The van der Waals surface area contributed by atoms with Crippen LogP contribution in [0.5, 0.6) is 0 Å². The van der Waals surface area contributed by atoms with Crippen LogP contribution in [0.1, 0.15) is 69.8 Å². The summed E-state index contributed by atoms with van der Waals surface area (Å²) >= 11 is 0. The second-order valence-corrected chi connectivity index (χ2v) is 14.5. The number of carbonyl (C=O) groups excluding carboxylic acids is 2. The molecule has 1 aromatic carbocycles. The Morgan fingerprint density at radius 1 is 0.683 bits per heavy atom. The first kappa shape index (κ1) is 27.5. The number of urea groups is 1. The third-order valence-electron chi connectivity index (χ3n) is 11.9. The summed E-state index contributed by atoms with van der Waals surface area (Å²) in [4.78, 5) is 36.0. The number of piperidine rings is 2. The fourth-order valence-electron chi connectivity index (χ4n) is 10.1. The average molecular weight is 559 g/mol. The van der Waals surface area contributed by atoms with Crippen LogP contribution in [0.15, 0.2) is 36.4 Å². The number of rotatable bonds is 5. The van der Waals surface area contributed by atoms with Crippen LogP contribution in [-0.4, -0.2) is 90.4 Å². The molecule has 1 aromatic rings. The molecule has 0 spiro atoms. The van der Waals surface area contributed by atoms with E-state index in [1.807, 2.05) is 6.07 Å². The Kier molecular flexibility index (Phi) is 7.87. The summed E-state index contributed by atoms with van der Waals surface area (Å²) in [5.74, 6) is 4.47. The van der Waals surface area contributed by atoms with Crippen molar-refractivity contribution in [1.82, 2.24) is 19.6 Å². The van der Waals surface area contributed by atoms with E-state index in [-0.39, 0.29) is 11.4 Å². The predicted octanol–water partition coefficient (Wildman–Crippen LogP) is 5.60. The predicted molar refractivity (Wildman–Crippen MR) is 163 cm³/mol. The first-order chi connectivity index (χ1) is 20.0. The molecular formula is C35H50N4O2. The van der Waals surface area contributed by atoms with Gasteiger partial charge in [-0.25, -0.2) is 4.79 Å². The van der Waals surface area contributed by atoms with Crippen molar-refractivity contribution in [2.45, 2.75) is 64.2 Å². The van der Waals surface area contributed by atoms with Crippen LogP contribution in [0, 0.1) is 35.0 Å². The maximum absolute atomic E-state index is 13.8. The van der Waals surface area contributed by atoms with Crippen LogP contribution in [-0.2, 0) is 4.79 Å². The quantitative estimate of drug-likeness (QED) is 0.472. The monoisotopic (exact) mass is 558 g/mol. The van der Waals surface area contributed by atoms with Gasteiger partial charge in [-0.3, -0.25) is 9.69 Å². The van der Waals surface area contributed by atoms with Crippen molar-refractivity contribution in [2.24, 2.45) is 35.0 Å². The normalized spacial score (nSPS) is 33.2. The molecule has 222 valence electrons. The number of benzene rings is 1. The van der Waals surface area contributed by atoms with Gasteiger partial charge < -0.3 is 14.7 Å². The number of hydrogen-bond donors (Lipinski definition) is 0. The summed E-state index contributed by atoms with van der Waals surface area (Å²) in [6, 6.07) is 10.7. The molecule has 0 radical (unpaired) electrons. The maximum Gasteiger partial charge on any atom is 0.320 e. The van der Waals surface area contributed by atoms with E-state index in [0.717, 1.165) is 108 Å². The Balaban J connectivity index is 0.827. The van der Waals surface area contributed by atoms with E-state index in [4.69, 9.17) is 0 Å². The molecule has 3 amide bonds. The molecule has 3 saturated heterocycles. The molecular weight excluding hydrogens is 508 g/mol. The van der Waals surface area contributed by atoms with Gasteiger partial charge in [-0.1, -0.05) is 42.5 Å². The molecule has 7 fully saturated rings. The molecule has 3 heterocycles. The fraction of sp³-hybridized carbons (Fsp3) is 0.714. The van der Waals surface area contributed by atoms with Crippen LogP contribution < -0.4 is 0 Å². The zero-order valence-corrected chi connectivity index (χ0v) is 25.0. The topological polar surface area (TPSA) is 47.1 Å². The molecule has 4 saturated carbocycles. The van der Waals surface area contributed by atoms with Crippen LogP contribution in [0.4, 0.5) is 4.79 Å². The van der Waals surface area contributed by atoms with Crippen LogP contribution >= 0.6 is 0 Å². The van der Waals surface area contributed by atoms with Gasteiger partial charge in [0.05, 0.1) is 5.41 Å². The lowest BCUT2D eigenvalue weighted by Gasteiger charge is -2.57. The highest BCUT2D eigenvalue weighted by atomic mass is 16.2. The number of likely N-dealkylation sites (tertiary alicyclic amines) is 2. The van der Waals surface area contributed by atoms with Crippen molar-refractivity contribution in [2.75, 3.05) is 58.9 Å². The van der Waals surface area contributed by atoms with Crippen molar-refractivity contribution in [3.63, 3.8) is 0 Å². The zero-order valence-electron chi connectivity index (χ0n) is 25.0. The third kappa shape index (κ3) is 5.83. The standard InChI is InChI=1S/C35H50N4O2/c40-33(35-24-28-21-29(25-35)23-30(22-28)26-35)37-13-8-31(9-14-37)32-10-15-38(16-11-32)34(41)39-19-17-36(18-20-39)12-4-7-27-5-2-1-3-6-27/h1-7,28-32H,8-26H2/b7-4-. The SMILES string of the molecule is O=C(N1CCC(C2CCN(C(=O)C34CC5CC(CC(C5)C3)C4)CC2)CC1)N1CCN(C/C=C\c2ccccc2)CC1. The Bertz CT molecular complexity index is 1060. The first-order valence-electron chi connectivity index (χ1n) is 16.8. The highest BCUT2D eigenvalue weighted by molar-refractivity contribution is 5.83. The first-order valence-corrected chi connectivity index (χ1v) is 16.8. The van der Waals surface area contributed by atoms with Crippen molar-refractivity contribution in [3.8, 4) is 0 Å². The Hall–Kier alpha value is -2.34. The smallest absolute Gasteiger partial charge is 0.320 e. The lowest BCUT2D eigenvalue weighted by Crippen LogP contribution is -2.56. The zero-order chi connectivity index (χ0) is 27.8. The molecule has 6 nitrogen and oxygen atoms in total. The minimum atomic E-state index is 0.0115. The van der Waals surface area contributed by atoms with E-state index in [1.165, 1.54) is 44.1 Å². The summed E-state index contributed by atoms with van der Waals surface area (Å²) in [7, 11) is 0. The number of piperazine rings is 1. The van der Waals surface area contributed by atoms with Gasteiger partial charge in [-0.05, 0) is 99.4 Å². The van der Waals surface area contributed by atoms with Gasteiger partial charge in [0.2, 0.25) is 5.91 Å². The van der Waals surface area contributed by atoms with Gasteiger partial charge in [-0.2, -0.15) is 0 Å². The maximum atomic E-state index is 13.8. The van der Waals surface area contributed by atoms with E-state index in [0.29, 0.717) is 11.8 Å². The number of carbonyl (C=O) groups is 2. The van der Waals surface area contributed by atoms with E-state index >= 15 is 0 Å². The lowest BCUT2D eigenvalue weighted by atomic mass is 9.49. The van der Waals surface area contributed by atoms with Gasteiger partial charge >= 0.3 is 6.03 Å².